The Kier molecular flexibility index (Phi) is 3.46. The molecule has 1 heterocycles. The summed E-state index contributed by atoms with van der Waals surface area (Å²) in [5.74, 6) is 0.894. The minimum absolute atomic E-state index is 0.833. The average molecular weight is 265 g/mol. The Morgan fingerprint density at radius 2 is 1.75 bits per heavy atom. The molecule has 2 aromatic carbocycles. The Bertz CT molecular complexity index is 678. The molecular formula is C16H15N3O. The van der Waals surface area contributed by atoms with E-state index in [2.05, 4.69) is 28.4 Å². The van der Waals surface area contributed by atoms with E-state index in [1.807, 2.05) is 34.9 Å². The zero-order valence-electron chi connectivity index (χ0n) is 11.2. The maximum atomic E-state index is 5.45. The van der Waals surface area contributed by atoms with Crippen LogP contribution in [0.5, 0.6) is 5.75 Å². The standard InChI is InChI=1S/C16H15N3O/c1-20-16-8-7-15(19-11-17-18-12-19)10-14(16)9-13-5-3-2-4-6-13/h2-8,10-12H,9H2,1H3. The zero-order valence-corrected chi connectivity index (χ0v) is 11.2. The van der Waals surface area contributed by atoms with Crippen LogP contribution in [0.15, 0.2) is 61.2 Å². The summed E-state index contributed by atoms with van der Waals surface area (Å²) in [5, 5.41) is 7.67. The van der Waals surface area contributed by atoms with Crippen LogP contribution >= 0.6 is 0 Å². The van der Waals surface area contributed by atoms with Gasteiger partial charge in [-0.2, -0.15) is 0 Å². The molecule has 0 radical (unpaired) electrons. The first-order valence-corrected chi connectivity index (χ1v) is 6.42. The molecule has 1 aromatic heterocycles. The van der Waals surface area contributed by atoms with E-state index in [-0.39, 0.29) is 0 Å². The Morgan fingerprint density at radius 3 is 2.45 bits per heavy atom. The number of hydrogen-bond acceptors (Lipinski definition) is 3. The molecule has 0 fully saturated rings. The Balaban J connectivity index is 1.97. The maximum Gasteiger partial charge on any atom is 0.123 e. The molecule has 3 rings (SSSR count). The monoisotopic (exact) mass is 265 g/mol. The number of rotatable bonds is 4. The molecule has 0 unspecified atom stereocenters. The van der Waals surface area contributed by atoms with E-state index >= 15 is 0 Å². The highest BCUT2D eigenvalue weighted by Crippen LogP contribution is 2.24. The van der Waals surface area contributed by atoms with Gasteiger partial charge in [0.2, 0.25) is 0 Å². The predicted molar refractivity (Wildman–Crippen MR) is 77.2 cm³/mol. The molecule has 0 saturated carbocycles. The fourth-order valence-electron chi connectivity index (χ4n) is 2.21. The van der Waals surface area contributed by atoms with Crippen LogP contribution in [0, 0.1) is 0 Å². The first kappa shape index (κ1) is 12.4. The van der Waals surface area contributed by atoms with Gasteiger partial charge >= 0.3 is 0 Å². The first-order chi connectivity index (χ1) is 9.86. The van der Waals surface area contributed by atoms with Crippen LogP contribution in [-0.4, -0.2) is 21.9 Å². The molecule has 20 heavy (non-hydrogen) atoms. The average Bonchev–Trinajstić information content (AvgIpc) is 3.02. The summed E-state index contributed by atoms with van der Waals surface area (Å²) >= 11 is 0. The fraction of sp³-hybridized carbons (Fsp3) is 0.125. The molecule has 0 aliphatic carbocycles. The van der Waals surface area contributed by atoms with Crippen molar-refractivity contribution in [2.24, 2.45) is 0 Å². The van der Waals surface area contributed by atoms with Gasteiger partial charge in [0, 0.05) is 17.7 Å². The lowest BCUT2D eigenvalue weighted by Gasteiger charge is -2.11. The normalized spacial score (nSPS) is 10.4. The lowest BCUT2D eigenvalue weighted by molar-refractivity contribution is 0.410. The van der Waals surface area contributed by atoms with Gasteiger partial charge in [-0.1, -0.05) is 30.3 Å². The fourth-order valence-corrected chi connectivity index (χ4v) is 2.21. The van der Waals surface area contributed by atoms with Crippen molar-refractivity contribution in [3.63, 3.8) is 0 Å². The second-order valence-electron chi connectivity index (χ2n) is 4.53. The van der Waals surface area contributed by atoms with Crippen molar-refractivity contribution >= 4 is 0 Å². The van der Waals surface area contributed by atoms with E-state index in [1.54, 1.807) is 19.8 Å². The molecule has 0 atom stereocenters. The van der Waals surface area contributed by atoms with Gasteiger partial charge in [0.05, 0.1) is 7.11 Å². The number of methoxy groups -OCH3 is 1. The summed E-state index contributed by atoms with van der Waals surface area (Å²) in [6.07, 6.45) is 4.21. The number of ether oxygens (including phenoxy) is 1. The third-order valence-electron chi connectivity index (χ3n) is 3.22. The van der Waals surface area contributed by atoms with Crippen molar-refractivity contribution in [3.05, 3.63) is 72.3 Å². The Hall–Kier alpha value is -2.62. The highest BCUT2D eigenvalue weighted by molar-refractivity contribution is 5.46. The van der Waals surface area contributed by atoms with Gasteiger partial charge in [-0.05, 0) is 23.8 Å². The van der Waals surface area contributed by atoms with Crippen molar-refractivity contribution in [2.75, 3.05) is 7.11 Å². The van der Waals surface area contributed by atoms with Crippen molar-refractivity contribution in [1.82, 2.24) is 14.8 Å². The topological polar surface area (TPSA) is 39.9 Å². The van der Waals surface area contributed by atoms with E-state index in [1.165, 1.54) is 5.56 Å². The van der Waals surface area contributed by atoms with Crippen LogP contribution in [0.25, 0.3) is 5.69 Å². The van der Waals surface area contributed by atoms with Gasteiger partial charge in [0.1, 0.15) is 18.4 Å². The molecule has 4 nitrogen and oxygen atoms in total. The number of nitrogens with zero attached hydrogens (tertiary/aromatic N) is 3. The van der Waals surface area contributed by atoms with Crippen LogP contribution < -0.4 is 4.74 Å². The summed E-state index contributed by atoms with van der Waals surface area (Å²) < 4.78 is 7.33. The molecule has 3 aromatic rings. The van der Waals surface area contributed by atoms with Gasteiger partial charge in [0.15, 0.2) is 0 Å². The van der Waals surface area contributed by atoms with Crippen molar-refractivity contribution in [2.45, 2.75) is 6.42 Å². The van der Waals surface area contributed by atoms with Crippen LogP contribution in [-0.2, 0) is 6.42 Å². The number of hydrogen-bond donors (Lipinski definition) is 0. The van der Waals surface area contributed by atoms with Gasteiger partial charge in [-0.15, -0.1) is 10.2 Å². The van der Waals surface area contributed by atoms with Gasteiger partial charge in [0.25, 0.3) is 0 Å². The third-order valence-corrected chi connectivity index (χ3v) is 3.22. The largest absolute Gasteiger partial charge is 0.496 e. The lowest BCUT2D eigenvalue weighted by Crippen LogP contribution is -1.97. The Labute approximate surface area is 117 Å². The van der Waals surface area contributed by atoms with Crippen molar-refractivity contribution in [3.8, 4) is 11.4 Å². The van der Waals surface area contributed by atoms with Gasteiger partial charge in [-0.3, -0.25) is 4.57 Å². The molecule has 4 heteroatoms. The second kappa shape index (κ2) is 5.57. The molecule has 0 aliphatic heterocycles. The van der Waals surface area contributed by atoms with E-state index < -0.39 is 0 Å². The summed E-state index contributed by atoms with van der Waals surface area (Å²) in [7, 11) is 1.70. The molecular weight excluding hydrogens is 250 g/mol. The maximum absolute atomic E-state index is 5.45. The second-order valence-corrected chi connectivity index (χ2v) is 4.53. The zero-order chi connectivity index (χ0) is 13.8. The van der Waals surface area contributed by atoms with E-state index in [0.29, 0.717) is 0 Å². The number of aromatic nitrogens is 3. The van der Waals surface area contributed by atoms with E-state index in [9.17, 15) is 0 Å². The van der Waals surface area contributed by atoms with Gasteiger partial charge in [-0.25, -0.2) is 0 Å². The predicted octanol–water partition coefficient (Wildman–Crippen LogP) is 2.87. The summed E-state index contributed by atoms with van der Waals surface area (Å²) in [4.78, 5) is 0. The quantitative estimate of drug-likeness (QED) is 0.728. The molecule has 0 amide bonds. The minimum Gasteiger partial charge on any atom is -0.496 e. The Morgan fingerprint density at radius 1 is 1.00 bits per heavy atom. The lowest BCUT2D eigenvalue weighted by atomic mass is 10.0. The minimum atomic E-state index is 0.833. The van der Waals surface area contributed by atoms with Crippen molar-refractivity contribution in [1.29, 1.82) is 0 Å². The van der Waals surface area contributed by atoms with Crippen LogP contribution in [0.3, 0.4) is 0 Å². The molecule has 0 bridgehead atoms. The van der Waals surface area contributed by atoms with Crippen LogP contribution in [0.1, 0.15) is 11.1 Å². The molecule has 0 aliphatic rings. The number of benzene rings is 2. The first-order valence-electron chi connectivity index (χ1n) is 6.42. The van der Waals surface area contributed by atoms with E-state index in [4.69, 9.17) is 4.74 Å². The smallest absolute Gasteiger partial charge is 0.123 e. The SMILES string of the molecule is COc1ccc(-n2cnnc2)cc1Cc1ccccc1. The molecule has 0 saturated heterocycles. The van der Waals surface area contributed by atoms with Crippen molar-refractivity contribution < 1.29 is 4.74 Å². The molecule has 100 valence electrons. The summed E-state index contributed by atoms with van der Waals surface area (Å²) in [5.41, 5.74) is 3.43. The molecule has 0 N–H and O–H groups in total. The van der Waals surface area contributed by atoms with Crippen LogP contribution in [0.2, 0.25) is 0 Å². The highest BCUT2D eigenvalue weighted by atomic mass is 16.5. The highest BCUT2D eigenvalue weighted by Gasteiger charge is 2.07. The summed E-state index contributed by atoms with van der Waals surface area (Å²) in [6, 6.07) is 16.4. The van der Waals surface area contributed by atoms with E-state index in [0.717, 1.165) is 23.4 Å². The third kappa shape index (κ3) is 2.54. The molecule has 0 spiro atoms. The van der Waals surface area contributed by atoms with Crippen LogP contribution in [0.4, 0.5) is 0 Å². The summed E-state index contributed by atoms with van der Waals surface area (Å²) in [6.45, 7) is 0. The van der Waals surface area contributed by atoms with Gasteiger partial charge < -0.3 is 4.74 Å².